The van der Waals surface area contributed by atoms with E-state index < -0.39 is 0 Å². The molecule has 0 saturated heterocycles. The van der Waals surface area contributed by atoms with E-state index in [9.17, 15) is 0 Å². The van der Waals surface area contributed by atoms with Gasteiger partial charge in [-0.05, 0) is 68.9 Å². The Morgan fingerprint density at radius 3 is 0.939 bits per heavy atom. The first-order valence-electron chi connectivity index (χ1n) is 12.9. The van der Waals surface area contributed by atoms with Crippen LogP contribution in [-0.4, -0.2) is 6.01 Å². The van der Waals surface area contributed by atoms with Crippen molar-refractivity contribution in [3.05, 3.63) is 57.6 Å². The number of nitrogens with zero attached hydrogens (tertiary/aromatic N) is 2. The molecule has 0 fully saturated rings. The fourth-order valence-electron chi connectivity index (χ4n) is 4.81. The minimum absolute atomic E-state index is 0.392. The second-order valence-electron chi connectivity index (χ2n) is 11.3. The van der Waals surface area contributed by atoms with Crippen LogP contribution in [0.15, 0.2) is 34.3 Å². The summed E-state index contributed by atoms with van der Waals surface area (Å²) >= 11 is 0. The Morgan fingerprint density at radius 1 is 0.424 bits per heavy atom. The Hall–Kier alpha value is -2.18. The Morgan fingerprint density at radius 2 is 0.697 bits per heavy atom. The van der Waals surface area contributed by atoms with Crippen LogP contribution < -0.4 is 0 Å². The van der Waals surface area contributed by atoms with Crippen molar-refractivity contribution in [3.8, 4) is 0 Å². The maximum atomic E-state index is 4.95. The third-order valence-corrected chi connectivity index (χ3v) is 6.53. The van der Waals surface area contributed by atoms with Crippen molar-refractivity contribution in [2.45, 2.75) is 119 Å². The highest BCUT2D eigenvalue weighted by Crippen LogP contribution is 2.41. The standard InChI is InChI=1S/C31H46N2/c1-18(2)24-13-15-26(20(5)6)30(28(24)22(9)10)32-17-33-31-27(21(7)8)16-14-25(19(3)4)29(31)23(11)12/h13-16,18-23H,1-12H3. The number of hydrogen-bond donors (Lipinski definition) is 0. The van der Waals surface area contributed by atoms with Gasteiger partial charge in [-0.1, -0.05) is 107 Å². The highest BCUT2D eigenvalue weighted by Gasteiger charge is 2.21. The highest BCUT2D eigenvalue weighted by molar-refractivity contribution is 5.69. The molecule has 2 rings (SSSR count). The maximum Gasteiger partial charge on any atom is 0.101 e. The molecule has 0 saturated carbocycles. The highest BCUT2D eigenvalue weighted by atomic mass is 14.8. The van der Waals surface area contributed by atoms with Crippen molar-refractivity contribution in [1.82, 2.24) is 0 Å². The number of hydrogen-bond acceptors (Lipinski definition) is 2. The molecule has 33 heavy (non-hydrogen) atoms. The lowest BCUT2D eigenvalue weighted by atomic mass is 9.85. The molecule has 0 radical (unpaired) electrons. The summed E-state index contributed by atoms with van der Waals surface area (Å²) in [7, 11) is 0. The summed E-state index contributed by atoms with van der Waals surface area (Å²) < 4.78 is 0. The molecule has 0 heterocycles. The molecule has 0 aliphatic carbocycles. The number of benzene rings is 2. The molecule has 2 aromatic rings. The van der Waals surface area contributed by atoms with Gasteiger partial charge in [-0.2, -0.15) is 9.98 Å². The molecule has 0 bridgehead atoms. The summed E-state index contributed by atoms with van der Waals surface area (Å²) in [5.74, 6) is 2.48. The van der Waals surface area contributed by atoms with Crippen LogP contribution in [-0.2, 0) is 0 Å². The van der Waals surface area contributed by atoms with Gasteiger partial charge in [0.1, 0.15) is 6.01 Å². The molecule has 0 aliphatic rings. The van der Waals surface area contributed by atoms with E-state index in [1.54, 1.807) is 0 Å². The zero-order chi connectivity index (χ0) is 25.0. The van der Waals surface area contributed by atoms with Crippen molar-refractivity contribution in [1.29, 1.82) is 0 Å². The minimum Gasteiger partial charge on any atom is -0.187 e. The van der Waals surface area contributed by atoms with Gasteiger partial charge in [0, 0.05) is 0 Å². The molecule has 0 spiro atoms. The fourth-order valence-corrected chi connectivity index (χ4v) is 4.81. The van der Waals surface area contributed by atoms with Gasteiger partial charge in [0.05, 0.1) is 11.4 Å². The summed E-state index contributed by atoms with van der Waals surface area (Å²) in [6.45, 7) is 27.1. The first kappa shape index (κ1) is 27.1. The number of rotatable bonds is 8. The zero-order valence-electron chi connectivity index (χ0n) is 23.2. The maximum absolute atomic E-state index is 4.95. The molecule has 2 aromatic carbocycles. The van der Waals surface area contributed by atoms with E-state index in [1.165, 1.54) is 33.4 Å². The van der Waals surface area contributed by atoms with Crippen molar-refractivity contribution in [3.63, 3.8) is 0 Å². The molecule has 0 atom stereocenters. The van der Waals surface area contributed by atoms with Crippen LogP contribution in [0.1, 0.15) is 152 Å². The first-order chi connectivity index (χ1) is 15.4. The quantitative estimate of drug-likeness (QED) is 0.360. The Kier molecular flexibility index (Phi) is 9.27. The Balaban J connectivity index is 2.84. The van der Waals surface area contributed by atoms with Crippen LogP contribution in [0.2, 0.25) is 0 Å². The SMILES string of the molecule is CC(C)c1ccc(C(C)C)c(C(C)C)c1N=C=Nc1c(C(C)C)ccc(C(C)C)c1C(C)C. The van der Waals surface area contributed by atoms with Crippen LogP contribution >= 0.6 is 0 Å². The summed E-state index contributed by atoms with van der Waals surface area (Å²) in [5, 5.41) is 0. The Bertz CT molecular complexity index is 934. The van der Waals surface area contributed by atoms with E-state index in [2.05, 4.69) is 113 Å². The summed E-state index contributed by atoms with van der Waals surface area (Å²) in [6, 6.07) is 12.3. The van der Waals surface area contributed by atoms with Crippen molar-refractivity contribution < 1.29 is 0 Å². The average Bonchev–Trinajstić information content (AvgIpc) is 2.71. The first-order valence-corrected chi connectivity index (χ1v) is 12.9. The Labute approximate surface area is 203 Å². The van der Waals surface area contributed by atoms with Crippen molar-refractivity contribution >= 4 is 17.4 Å². The number of aliphatic imine (C=N–C) groups is 2. The summed E-state index contributed by atoms with van der Waals surface area (Å²) in [5.41, 5.74) is 10.1. The molecule has 0 amide bonds. The molecular formula is C31H46N2. The van der Waals surface area contributed by atoms with Crippen molar-refractivity contribution in [2.75, 3.05) is 0 Å². The fraction of sp³-hybridized carbons (Fsp3) is 0.581. The third kappa shape index (κ3) is 6.04. The predicted octanol–water partition coefficient (Wildman–Crippen LogP) is 10.6. The van der Waals surface area contributed by atoms with Crippen LogP contribution in [0.4, 0.5) is 11.4 Å². The summed E-state index contributed by atoms with van der Waals surface area (Å²) in [6.07, 6.45) is 0. The van der Waals surface area contributed by atoms with E-state index in [1.807, 2.05) is 0 Å². The largest absolute Gasteiger partial charge is 0.187 e. The molecular weight excluding hydrogens is 400 g/mol. The third-order valence-electron chi connectivity index (χ3n) is 6.53. The molecule has 0 aliphatic heterocycles. The molecule has 2 nitrogen and oxygen atoms in total. The van der Waals surface area contributed by atoms with Gasteiger partial charge in [-0.3, -0.25) is 0 Å². The lowest BCUT2D eigenvalue weighted by Crippen LogP contribution is -2.03. The van der Waals surface area contributed by atoms with E-state index in [-0.39, 0.29) is 0 Å². The smallest absolute Gasteiger partial charge is 0.101 e. The summed E-state index contributed by atoms with van der Waals surface area (Å²) in [4.78, 5) is 9.89. The molecule has 0 N–H and O–H groups in total. The van der Waals surface area contributed by atoms with E-state index >= 15 is 0 Å². The van der Waals surface area contributed by atoms with Gasteiger partial charge >= 0.3 is 0 Å². The van der Waals surface area contributed by atoms with Crippen molar-refractivity contribution in [2.24, 2.45) is 9.98 Å². The van der Waals surface area contributed by atoms with Crippen LogP contribution in [0.3, 0.4) is 0 Å². The lowest BCUT2D eigenvalue weighted by Gasteiger charge is -2.22. The van der Waals surface area contributed by atoms with Gasteiger partial charge in [0.2, 0.25) is 0 Å². The second kappa shape index (κ2) is 11.3. The van der Waals surface area contributed by atoms with Gasteiger partial charge in [0.15, 0.2) is 0 Å². The van der Waals surface area contributed by atoms with Gasteiger partial charge in [-0.25, -0.2) is 0 Å². The lowest BCUT2D eigenvalue weighted by molar-refractivity contribution is 0.778. The monoisotopic (exact) mass is 446 g/mol. The van der Waals surface area contributed by atoms with Gasteiger partial charge in [-0.15, -0.1) is 0 Å². The van der Waals surface area contributed by atoms with Crippen LogP contribution in [0.5, 0.6) is 0 Å². The van der Waals surface area contributed by atoms with E-state index in [0.717, 1.165) is 11.4 Å². The minimum atomic E-state index is 0.392. The van der Waals surface area contributed by atoms with Gasteiger partial charge < -0.3 is 0 Å². The normalized spacial score (nSPS) is 11.9. The van der Waals surface area contributed by atoms with Gasteiger partial charge in [0.25, 0.3) is 0 Å². The molecule has 2 heteroatoms. The van der Waals surface area contributed by atoms with E-state index in [4.69, 9.17) is 9.98 Å². The van der Waals surface area contributed by atoms with Crippen LogP contribution in [0.25, 0.3) is 0 Å². The zero-order valence-corrected chi connectivity index (χ0v) is 23.2. The predicted molar refractivity (Wildman–Crippen MR) is 147 cm³/mol. The van der Waals surface area contributed by atoms with Crippen LogP contribution in [0, 0.1) is 0 Å². The molecule has 0 unspecified atom stereocenters. The average molecular weight is 447 g/mol. The molecule has 0 aromatic heterocycles. The second-order valence-corrected chi connectivity index (χ2v) is 11.3. The molecule has 180 valence electrons. The van der Waals surface area contributed by atoms with E-state index in [0.29, 0.717) is 35.5 Å². The topological polar surface area (TPSA) is 24.7 Å².